The number of benzene rings is 2. The van der Waals surface area contributed by atoms with E-state index in [2.05, 4.69) is 10.0 Å². The Kier molecular flexibility index (Phi) is 6.17. The average Bonchev–Trinajstić information content (AvgIpc) is 2.57. The number of carbonyl (C=O) groups excluding carboxylic acids is 1. The minimum Gasteiger partial charge on any atom is -0.495 e. The molecule has 0 bridgehead atoms. The van der Waals surface area contributed by atoms with E-state index >= 15 is 0 Å². The predicted molar refractivity (Wildman–Crippen MR) is 97.3 cm³/mol. The molecule has 0 radical (unpaired) electrons. The van der Waals surface area contributed by atoms with Gasteiger partial charge in [0.25, 0.3) is 0 Å². The fourth-order valence-electron chi connectivity index (χ4n) is 2.30. The average molecular weight is 362 g/mol. The van der Waals surface area contributed by atoms with E-state index in [1.807, 2.05) is 25.1 Å². The second-order valence-corrected chi connectivity index (χ2v) is 7.40. The maximum atomic E-state index is 12.4. The minimum absolute atomic E-state index is 0.00283. The minimum atomic E-state index is -3.76. The number of amides is 1. The van der Waals surface area contributed by atoms with Crippen LogP contribution in [0.5, 0.6) is 5.75 Å². The lowest BCUT2D eigenvalue weighted by Gasteiger charge is -2.12. The van der Waals surface area contributed by atoms with E-state index in [-0.39, 0.29) is 29.5 Å². The van der Waals surface area contributed by atoms with Gasteiger partial charge in [0.15, 0.2) is 0 Å². The van der Waals surface area contributed by atoms with Crippen LogP contribution in [0, 0.1) is 13.8 Å². The summed E-state index contributed by atoms with van der Waals surface area (Å²) in [4.78, 5) is 12.1. The molecule has 0 atom stereocenters. The number of para-hydroxylation sites is 1. The van der Waals surface area contributed by atoms with Gasteiger partial charge in [0.05, 0.1) is 7.11 Å². The molecule has 0 aliphatic rings. The third kappa shape index (κ3) is 5.04. The van der Waals surface area contributed by atoms with Crippen LogP contribution in [0.15, 0.2) is 47.4 Å². The summed E-state index contributed by atoms with van der Waals surface area (Å²) in [5.41, 5.74) is 2.47. The van der Waals surface area contributed by atoms with Gasteiger partial charge in [-0.2, -0.15) is 0 Å². The van der Waals surface area contributed by atoms with Crippen LogP contribution < -0.4 is 14.8 Å². The fraction of sp³-hybridized carbons (Fsp3) is 0.278. The van der Waals surface area contributed by atoms with Crippen LogP contribution in [0.4, 0.5) is 5.69 Å². The number of rotatable bonds is 7. The first-order valence-electron chi connectivity index (χ1n) is 7.83. The standard InChI is InChI=1S/C18H22N2O4S/c1-13-8-9-16(24-3)17(12-13)25(22,23)19-11-10-18(21)20-15-7-5-4-6-14(15)2/h4-9,12,19H,10-11H2,1-3H3,(H,20,21). The first-order chi connectivity index (χ1) is 11.8. The summed E-state index contributed by atoms with van der Waals surface area (Å²) in [5.74, 6) is 0.00988. The second kappa shape index (κ2) is 8.13. The fourth-order valence-corrected chi connectivity index (χ4v) is 3.58. The zero-order chi connectivity index (χ0) is 18.4. The van der Waals surface area contributed by atoms with Gasteiger partial charge in [0.2, 0.25) is 15.9 Å². The van der Waals surface area contributed by atoms with E-state index in [0.29, 0.717) is 0 Å². The second-order valence-electron chi connectivity index (χ2n) is 5.67. The van der Waals surface area contributed by atoms with Crippen LogP contribution in [-0.4, -0.2) is 28.0 Å². The van der Waals surface area contributed by atoms with E-state index in [1.54, 1.807) is 25.1 Å². The summed E-state index contributed by atoms with van der Waals surface area (Å²) in [6.07, 6.45) is 0.0295. The lowest BCUT2D eigenvalue weighted by Crippen LogP contribution is -2.28. The highest BCUT2D eigenvalue weighted by Gasteiger charge is 2.19. The molecule has 1 amide bonds. The molecule has 2 aromatic rings. The van der Waals surface area contributed by atoms with Crippen molar-refractivity contribution in [2.24, 2.45) is 0 Å². The molecule has 25 heavy (non-hydrogen) atoms. The Hall–Kier alpha value is -2.38. The van der Waals surface area contributed by atoms with E-state index in [4.69, 9.17) is 4.74 Å². The molecular weight excluding hydrogens is 340 g/mol. The van der Waals surface area contributed by atoms with Gasteiger partial charge in [-0.05, 0) is 43.2 Å². The highest BCUT2D eigenvalue weighted by Crippen LogP contribution is 2.24. The molecule has 0 spiro atoms. The van der Waals surface area contributed by atoms with Gasteiger partial charge in [0.1, 0.15) is 10.6 Å². The largest absolute Gasteiger partial charge is 0.495 e. The van der Waals surface area contributed by atoms with Crippen LogP contribution in [0.3, 0.4) is 0 Å². The van der Waals surface area contributed by atoms with E-state index < -0.39 is 10.0 Å². The Morgan fingerprint density at radius 3 is 2.52 bits per heavy atom. The topological polar surface area (TPSA) is 84.5 Å². The summed E-state index contributed by atoms with van der Waals surface area (Å²) >= 11 is 0. The normalized spacial score (nSPS) is 11.2. The molecule has 0 fully saturated rings. The molecule has 0 aliphatic carbocycles. The van der Waals surface area contributed by atoms with Gasteiger partial charge in [0, 0.05) is 18.7 Å². The number of nitrogens with one attached hydrogen (secondary N) is 2. The van der Waals surface area contributed by atoms with E-state index in [9.17, 15) is 13.2 Å². The monoisotopic (exact) mass is 362 g/mol. The summed E-state index contributed by atoms with van der Waals surface area (Å²) in [7, 11) is -2.34. The summed E-state index contributed by atoms with van der Waals surface area (Å²) in [5, 5.41) is 2.77. The smallest absolute Gasteiger partial charge is 0.244 e. The Morgan fingerprint density at radius 1 is 1.12 bits per heavy atom. The van der Waals surface area contributed by atoms with Crippen molar-refractivity contribution in [1.82, 2.24) is 4.72 Å². The van der Waals surface area contributed by atoms with Crippen molar-refractivity contribution in [3.05, 3.63) is 53.6 Å². The number of ether oxygens (including phenoxy) is 1. The number of anilines is 1. The molecule has 0 unspecified atom stereocenters. The van der Waals surface area contributed by atoms with Gasteiger partial charge >= 0.3 is 0 Å². The quantitative estimate of drug-likeness (QED) is 0.793. The molecule has 2 rings (SSSR count). The number of carbonyl (C=O) groups is 1. The lowest BCUT2D eigenvalue weighted by atomic mass is 10.2. The maximum Gasteiger partial charge on any atom is 0.244 e. The van der Waals surface area contributed by atoms with Crippen LogP contribution in [0.1, 0.15) is 17.5 Å². The Morgan fingerprint density at radius 2 is 1.84 bits per heavy atom. The Bertz CT molecular complexity index is 863. The zero-order valence-corrected chi connectivity index (χ0v) is 15.3. The number of aryl methyl sites for hydroxylation is 2. The van der Waals surface area contributed by atoms with Crippen LogP contribution in [0.2, 0.25) is 0 Å². The van der Waals surface area contributed by atoms with Gasteiger partial charge in [-0.1, -0.05) is 24.3 Å². The third-order valence-corrected chi connectivity index (χ3v) is 5.15. The number of hydrogen-bond donors (Lipinski definition) is 2. The van der Waals surface area contributed by atoms with Crippen molar-refractivity contribution < 1.29 is 17.9 Å². The molecule has 0 aliphatic heterocycles. The first kappa shape index (κ1) is 19.0. The van der Waals surface area contributed by atoms with E-state index in [1.165, 1.54) is 13.2 Å². The summed E-state index contributed by atoms with van der Waals surface area (Å²) < 4.78 is 32.4. The molecule has 134 valence electrons. The summed E-state index contributed by atoms with van der Waals surface area (Å²) in [6.45, 7) is 3.69. The molecule has 0 saturated carbocycles. The predicted octanol–water partition coefficient (Wildman–Crippen LogP) is 2.62. The van der Waals surface area contributed by atoms with Crippen molar-refractivity contribution in [2.75, 3.05) is 19.0 Å². The van der Waals surface area contributed by atoms with Gasteiger partial charge in [-0.3, -0.25) is 4.79 Å². The lowest BCUT2D eigenvalue weighted by molar-refractivity contribution is -0.116. The van der Waals surface area contributed by atoms with Crippen molar-refractivity contribution in [1.29, 1.82) is 0 Å². The van der Waals surface area contributed by atoms with E-state index in [0.717, 1.165) is 16.8 Å². The van der Waals surface area contributed by atoms with Crippen molar-refractivity contribution in [3.8, 4) is 5.75 Å². The van der Waals surface area contributed by atoms with Crippen LogP contribution in [0.25, 0.3) is 0 Å². The molecular formula is C18H22N2O4S. The Labute approximate surface area is 148 Å². The summed E-state index contributed by atoms with van der Waals surface area (Å²) in [6, 6.07) is 12.3. The molecule has 2 aromatic carbocycles. The van der Waals surface area contributed by atoms with Gasteiger partial charge < -0.3 is 10.1 Å². The van der Waals surface area contributed by atoms with Crippen LogP contribution in [-0.2, 0) is 14.8 Å². The first-order valence-corrected chi connectivity index (χ1v) is 9.31. The maximum absolute atomic E-state index is 12.4. The molecule has 7 heteroatoms. The van der Waals surface area contributed by atoms with Crippen LogP contribution >= 0.6 is 0 Å². The molecule has 0 heterocycles. The van der Waals surface area contributed by atoms with Crippen molar-refractivity contribution >= 4 is 21.6 Å². The SMILES string of the molecule is COc1ccc(C)cc1S(=O)(=O)NCCC(=O)Nc1ccccc1C. The highest BCUT2D eigenvalue weighted by molar-refractivity contribution is 7.89. The Balaban J connectivity index is 1.98. The molecule has 2 N–H and O–H groups in total. The van der Waals surface area contributed by atoms with Crippen molar-refractivity contribution in [3.63, 3.8) is 0 Å². The zero-order valence-electron chi connectivity index (χ0n) is 14.5. The molecule has 6 nitrogen and oxygen atoms in total. The van der Waals surface area contributed by atoms with Crippen molar-refractivity contribution in [2.45, 2.75) is 25.2 Å². The molecule has 0 saturated heterocycles. The molecule has 0 aromatic heterocycles. The van der Waals surface area contributed by atoms with Gasteiger partial charge in [-0.15, -0.1) is 0 Å². The number of methoxy groups -OCH3 is 1. The number of hydrogen-bond acceptors (Lipinski definition) is 4. The van der Waals surface area contributed by atoms with Gasteiger partial charge in [-0.25, -0.2) is 13.1 Å². The number of sulfonamides is 1. The third-order valence-electron chi connectivity index (χ3n) is 3.67. The highest BCUT2D eigenvalue weighted by atomic mass is 32.2.